The number of piperidine rings is 1. The number of ether oxygens (including phenoxy) is 3. The summed E-state index contributed by atoms with van der Waals surface area (Å²) in [6.45, 7) is 6.19. The number of aryl methyl sites for hydroxylation is 1. The van der Waals surface area contributed by atoms with Crippen LogP contribution in [0.3, 0.4) is 0 Å². The lowest BCUT2D eigenvalue weighted by molar-refractivity contribution is -0.138. The summed E-state index contributed by atoms with van der Waals surface area (Å²) in [4.78, 5) is 30.2. The van der Waals surface area contributed by atoms with Crippen molar-refractivity contribution in [2.45, 2.75) is 32.7 Å². The fraction of sp³-hybridized carbons (Fsp3) is 0.500. The van der Waals surface area contributed by atoms with Crippen molar-refractivity contribution in [3.05, 3.63) is 52.6 Å². The molecule has 0 aliphatic carbocycles. The summed E-state index contributed by atoms with van der Waals surface area (Å²) in [7, 11) is 4.90. The number of benzene rings is 2. The van der Waals surface area contributed by atoms with Crippen LogP contribution >= 0.6 is 0 Å². The lowest BCUT2D eigenvalue weighted by Crippen LogP contribution is -2.47. The number of amides is 2. The van der Waals surface area contributed by atoms with Gasteiger partial charge in [-0.15, -0.1) is 0 Å². The summed E-state index contributed by atoms with van der Waals surface area (Å²) in [5, 5.41) is 3.01. The minimum Gasteiger partial charge on any atom is -0.496 e. The van der Waals surface area contributed by atoms with Crippen LogP contribution in [0.4, 0.5) is 0 Å². The molecule has 1 N–H and O–H groups in total. The van der Waals surface area contributed by atoms with E-state index in [1.165, 1.54) is 5.56 Å². The normalized spacial score (nSPS) is 17.8. The van der Waals surface area contributed by atoms with E-state index in [1.54, 1.807) is 27.4 Å². The van der Waals surface area contributed by atoms with Crippen molar-refractivity contribution in [1.82, 2.24) is 15.1 Å². The van der Waals surface area contributed by atoms with Gasteiger partial charge in [0.2, 0.25) is 5.91 Å². The molecule has 0 spiro atoms. The zero-order valence-corrected chi connectivity index (χ0v) is 21.8. The van der Waals surface area contributed by atoms with Gasteiger partial charge in [-0.3, -0.25) is 9.59 Å². The first-order chi connectivity index (χ1) is 17.4. The number of methoxy groups -OCH3 is 3. The fourth-order valence-corrected chi connectivity index (χ4v) is 5.24. The molecule has 1 fully saturated rings. The van der Waals surface area contributed by atoms with E-state index in [1.807, 2.05) is 36.1 Å². The standard InChI is InChI=1S/C28H37N3O5/c1-19-14-21(7-8-24(19)34-2)27(32)29-10-13-30-11-5-6-22(17-30)28(33)31-12-9-20-15-25(35-3)26(36-4)16-23(20)18-31/h7-8,14-16,22H,5-6,9-13,17-18H2,1-4H3,(H,29,32). The number of rotatable bonds is 8. The minimum atomic E-state index is -0.0931. The molecule has 36 heavy (non-hydrogen) atoms. The molecule has 2 heterocycles. The molecule has 0 saturated carbocycles. The number of nitrogens with zero attached hydrogens (tertiary/aromatic N) is 2. The molecule has 0 radical (unpaired) electrons. The average molecular weight is 496 g/mol. The van der Waals surface area contributed by atoms with Crippen molar-refractivity contribution in [2.75, 3.05) is 54.1 Å². The molecule has 2 aromatic rings. The van der Waals surface area contributed by atoms with E-state index >= 15 is 0 Å². The monoisotopic (exact) mass is 495 g/mol. The molecule has 2 aromatic carbocycles. The van der Waals surface area contributed by atoms with E-state index in [0.717, 1.165) is 68.1 Å². The van der Waals surface area contributed by atoms with Crippen LogP contribution in [0.25, 0.3) is 0 Å². The summed E-state index contributed by atoms with van der Waals surface area (Å²) in [6.07, 6.45) is 2.70. The maximum Gasteiger partial charge on any atom is 0.251 e. The topological polar surface area (TPSA) is 80.3 Å². The Kier molecular flexibility index (Phi) is 8.36. The number of carbonyl (C=O) groups excluding carboxylic acids is 2. The van der Waals surface area contributed by atoms with Gasteiger partial charge in [0.25, 0.3) is 5.91 Å². The molecule has 1 saturated heterocycles. The summed E-state index contributed by atoms with van der Waals surface area (Å²) in [5.41, 5.74) is 3.89. The van der Waals surface area contributed by atoms with Crippen molar-refractivity contribution in [1.29, 1.82) is 0 Å². The van der Waals surface area contributed by atoms with E-state index in [9.17, 15) is 9.59 Å². The number of likely N-dealkylation sites (tertiary alicyclic amines) is 1. The first kappa shape index (κ1) is 25.8. The predicted octanol–water partition coefficient (Wildman–Crippen LogP) is 3.05. The van der Waals surface area contributed by atoms with E-state index in [0.29, 0.717) is 24.4 Å². The molecule has 8 nitrogen and oxygen atoms in total. The highest BCUT2D eigenvalue weighted by Gasteiger charge is 2.31. The molecule has 0 bridgehead atoms. The second-order valence-electron chi connectivity index (χ2n) is 9.57. The van der Waals surface area contributed by atoms with Crippen LogP contribution in [0.5, 0.6) is 17.2 Å². The minimum absolute atomic E-state index is 0.0135. The van der Waals surface area contributed by atoms with Crippen molar-refractivity contribution < 1.29 is 23.8 Å². The van der Waals surface area contributed by atoms with Crippen LogP contribution in [-0.2, 0) is 17.8 Å². The third kappa shape index (κ3) is 5.75. The molecule has 2 aliphatic heterocycles. The third-order valence-corrected chi connectivity index (χ3v) is 7.26. The largest absolute Gasteiger partial charge is 0.496 e. The van der Waals surface area contributed by atoms with Gasteiger partial charge in [0.15, 0.2) is 11.5 Å². The maximum absolute atomic E-state index is 13.4. The van der Waals surface area contributed by atoms with Gasteiger partial charge in [-0.1, -0.05) is 0 Å². The fourth-order valence-electron chi connectivity index (χ4n) is 5.24. The second kappa shape index (κ2) is 11.6. The Balaban J connectivity index is 1.29. The second-order valence-corrected chi connectivity index (χ2v) is 9.57. The molecule has 1 atom stereocenters. The van der Waals surface area contributed by atoms with Gasteiger partial charge in [0.1, 0.15) is 5.75 Å². The molecule has 4 rings (SSSR count). The Labute approximate surface area is 213 Å². The van der Waals surface area contributed by atoms with Gasteiger partial charge in [0.05, 0.1) is 27.2 Å². The van der Waals surface area contributed by atoms with Gasteiger partial charge in [-0.2, -0.15) is 0 Å². The number of fused-ring (bicyclic) bond motifs is 1. The SMILES string of the molecule is COc1ccc(C(=O)NCCN2CCCC(C(=O)N3CCc4cc(OC)c(OC)cc4C3)C2)cc1C. The van der Waals surface area contributed by atoms with Gasteiger partial charge in [0, 0.05) is 38.3 Å². The van der Waals surface area contributed by atoms with E-state index in [2.05, 4.69) is 10.2 Å². The van der Waals surface area contributed by atoms with Gasteiger partial charge in [-0.05, 0) is 79.8 Å². The van der Waals surface area contributed by atoms with E-state index in [4.69, 9.17) is 14.2 Å². The molecular weight excluding hydrogens is 458 g/mol. The highest BCUT2D eigenvalue weighted by atomic mass is 16.5. The van der Waals surface area contributed by atoms with E-state index < -0.39 is 0 Å². The van der Waals surface area contributed by atoms with Crippen molar-refractivity contribution in [2.24, 2.45) is 5.92 Å². The predicted molar refractivity (Wildman–Crippen MR) is 138 cm³/mol. The van der Waals surface area contributed by atoms with Crippen LogP contribution in [0.2, 0.25) is 0 Å². The highest BCUT2D eigenvalue weighted by molar-refractivity contribution is 5.94. The molecule has 1 unspecified atom stereocenters. The van der Waals surface area contributed by atoms with Crippen LogP contribution in [-0.4, -0.2) is 75.7 Å². The summed E-state index contributed by atoms with van der Waals surface area (Å²) >= 11 is 0. The van der Waals surface area contributed by atoms with Crippen LogP contribution in [0.1, 0.15) is 39.9 Å². The van der Waals surface area contributed by atoms with Crippen molar-refractivity contribution in [3.8, 4) is 17.2 Å². The molecule has 8 heteroatoms. The van der Waals surface area contributed by atoms with E-state index in [-0.39, 0.29) is 17.7 Å². The Morgan fingerprint density at radius 1 is 0.972 bits per heavy atom. The van der Waals surface area contributed by atoms with Gasteiger partial charge >= 0.3 is 0 Å². The van der Waals surface area contributed by atoms with Gasteiger partial charge in [-0.25, -0.2) is 0 Å². The van der Waals surface area contributed by atoms with Crippen molar-refractivity contribution >= 4 is 11.8 Å². The van der Waals surface area contributed by atoms with Crippen LogP contribution in [0.15, 0.2) is 30.3 Å². The molecule has 0 aromatic heterocycles. The van der Waals surface area contributed by atoms with Gasteiger partial charge < -0.3 is 29.3 Å². The Morgan fingerprint density at radius 3 is 2.39 bits per heavy atom. The Hall–Kier alpha value is -3.26. The third-order valence-electron chi connectivity index (χ3n) is 7.26. The zero-order chi connectivity index (χ0) is 25.7. The van der Waals surface area contributed by atoms with Crippen LogP contribution in [0, 0.1) is 12.8 Å². The molecule has 2 aliphatic rings. The Bertz CT molecular complexity index is 1100. The number of carbonyl (C=O) groups is 2. The lowest BCUT2D eigenvalue weighted by atomic mass is 9.93. The van der Waals surface area contributed by atoms with Crippen LogP contribution < -0.4 is 19.5 Å². The Morgan fingerprint density at radius 2 is 1.69 bits per heavy atom. The quantitative estimate of drug-likeness (QED) is 0.607. The summed E-state index contributed by atoms with van der Waals surface area (Å²) < 4.78 is 16.2. The lowest BCUT2D eigenvalue weighted by Gasteiger charge is -2.37. The summed E-state index contributed by atoms with van der Waals surface area (Å²) in [5.74, 6) is 2.31. The molecular formula is C28H37N3O5. The first-order valence-corrected chi connectivity index (χ1v) is 12.6. The smallest absolute Gasteiger partial charge is 0.251 e. The first-order valence-electron chi connectivity index (χ1n) is 12.6. The summed E-state index contributed by atoms with van der Waals surface area (Å²) in [6, 6.07) is 9.45. The number of nitrogens with one attached hydrogen (secondary N) is 1. The number of hydrogen-bond acceptors (Lipinski definition) is 6. The number of hydrogen-bond donors (Lipinski definition) is 1. The maximum atomic E-state index is 13.4. The zero-order valence-electron chi connectivity index (χ0n) is 21.8. The molecule has 194 valence electrons. The average Bonchev–Trinajstić information content (AvgIpc) is 2.91. The highest BCUT2D eigenvalue weighted by Crippen LogP contribution is 2.34. The van der Waals surface area contributed by atoms with Crippen molar-refractivity contribution in [3.63, 3.8) is 0 Å². The molecule has 2 amide bonds.